The monoisotopic (exact) mass is 597 g/mol. The van der Waals surface area contributed by atoms with Crippen LogP contribution < -0.4 is 0 Å². The maximum atomic E-state index is 14.3. The number of piperidine rings is 1. The SMILES string of the molecule is COCc1nc(C(c2cccc(C3C=C4C(C(F)(F)F)=CC(CN5CCC[C@H](C)C5)=CN4C3=O)c2)C2CCC2)c(C)s1. The van der Waals surface area contributed by atoms with Crippen LogP contribution in [-0.4, -0.2) is 53.6 Å². The number of rotatable bonds is 8. The third-order valence-electron chi connectivity index (χ3n) is 9.13. The number of fused-ring (bicyclic) bond motifs is 1. The number of thiazole rings is 1. The Kier molecular flexibility index (Phi) is 8.19. The fourth-order valence-electron chi connectivity index (χ4n) is 6.94. The van der Waals surface area contributed by atoms with Gasteiger partial charge < -0.3 is 4.74 Å². The van der Waals surface area contributed by atoms with Crippen molar-refractivity contribution >= 4 is 17.2 Å². The molecule has 4 heterocycles. The summed E-state index contributed by atoms with van der Waals surface area (Å²) in [6.45, 7) is 6.84. The Bertz CT molecular complexity index is 1440. The number of halogens is 3. The first-order valence-electron chi connectivity index (χ1n) is 14.9. The quantitative estimate of drug-likeness (QED) is 0.317. The number of ether oxygens (including phenoxy) is 1. The Morgan fingerprint density at radius 1 is 1.19 bits per heavy atom. The fourth-order valence-corrected chi connectivity index (χ4v) is 7.90. The first-order valence-corrected chi connectivity index (χ1v) is 15.8. The van der Waals surface area contributed by atoms with Crippen LogP contribution in [-0.2, 0) is 16.1 Å². The van der Waals surface area contributed by atoms with E-state index >= 15 is 0 Å². The van der Waals surface area contributed by atoms with Crippen LogP contribution in [0.3, 0.4) is 0 Å². The number of amides is 1. The molecule has 1 aromatic heterocycles. The third kappa shape index (κ3) is 5.75. The molecule has 42 heavy (non-hydrogen) atoms. The van der Waals surface area contributed by atoms with E-state index < -0.39 is 17.7 Å². The number of carbonyl (C=O) groups excluding carboxylic acids is 1. The van der Waals surface area contributed by atoms with Crippen LogP contribution in [0.5, 0.6) is 0 Å². The van der Waals surface area contributed by atoms with E-state index in [2.05, 4.69) is 24.8 Å². The maximum absolute atomic E-state index is 14.3. The highest BCUT2D eigenvalue weighted by Gasteiger charge is 2.45. The molecule has 2 fully saturated rings. The lowest BCUT2D eigenvalue weighted by molar-refractivity contribution is -0.126. The number of aromatic nitrogens is 1. The van der Waals surface area contributed by atoms with Crippen molar-refractivity contribution in [2.45, 2.75) is 70.6 Å². The molecular formula is C33H38F3N3O2S. The fraction of sp³-hybridized carbons (Fsp3) is 0.515. The predicted octanol–water partition coefficient (Wildman–Crippen LogP) is 7.46. The summed E-state index contributed by atoms with van der Waals surface area (Å²) in [5, 5.41) is 0.936. The molecule has 1 aromatic carbocycles. The van der Waals surface area contributed by atoms with E-state index in [0.29, 0.717) is 30.6 Å². The third-order valence-corrected chi connectivity index (χ3v) is 10.1. The van der Waals surface area contributed by atoms with Gasteiger partial charge in [0.1, 0.15) is 5.01 Å². The molecule has 2 unspecified atom stereocenters. The minimum atomic E-state index is -4.56. The van der Waals surface area contributed by atoms with Crippen molar-refractivity contribution in [3.8, 4) is 0 Å². The summed E-state index contributed by atoms with van der Waals surface area (Å²) in [7, 11) is 1.66. The van der Waals surface area contributed by atoms with Crippen LogP contribution in [0, 0.1) is 18.8 Å². The van der Waals surface area contributed by atoms with Crippen LogP contribution in [0.4, 0.5) is 13.2 Å². The second-order valence-electron chi connectivity index (χ2n) is 12.3. The van der Waals surface area contributed by atoms with Gasteiger partial charge in [-0.25, -0.2) is 4.98 Å². The number of allylic oxidation sites excluding steroid dienone is 1. The number of hydrogen-bond donors (Lipinski definition) is 0. The summed E-state index contributed by atoms with van der Waals surface area (Å²) in [6.07, 6.45) is 5.36. The molecule has 224 valence electrons. The van der Waals surface area contributed by atoms with Gasteiger partial charge in [-0.15, -0.1) is 11.3 Å². The molecule has 0 N–H and O–H groups in total. The highest BCUT2D eigenvalue weighted by atomic mass is 32.1. The average Bonchev–Trinajstić information content (AvgIpc) is 3.44. The standard InChI is InChI=1S/C33H38F3N3O2S/c1-20-7-6-12-38(16-20)17-22-13-27(33(34,35)36)28-15-26(32(40)39(28)18-22)24-10-5-11-25(14-24)30(23-8-4-9-23)31-21(2)42-29(37-31)19-41-3/h5,10-11,13-15,18,20,23,26,30H,4,6-9,12,16-17,19H2,1-3H3/t20-,26?,30?/m0/s1. The molecule has 6 rings (SSSR count). The molecule has 0 spiro atoms. The highest BCUT2D eigenvalue weighted by molar-refractivity contribution is 7.11. The van der Waals surface area contributed by atoms with Gasteiger partial charge >= 0.3 is 6.18 Å². The van der Waals surface area contributed by atoms with Crippen molar-refractivity contribution < 1.29 is 22.7 Å². The molecule has 1 aliphatic carbocycles. The van der Waals surface area contributed by atoms with Crippen LogP contribution in [0.1, 0.15) is 77.6 Å². The van der Waals surface area contributed by atoms with Gasteiger partial charge in [-0.2, -0.15) is 13.2 Å². The van der Waals surface area contributed by atoms with Gasteiger partial charge in [0.15, 0.2) is 0 Å². The van der Waals surface area contributed by atoms with Gasteiger partial charge in [-0.05, 0) is 79.8 Å². The summed E-state index contributed by atoms with van der Waals surface area (Å²) in [5.41, 5.74) is 2.54. The van der Waals surface area contributed by atoms with Crippen molar-refractivity contribution in [3.63, 3.8) is 0 Å². The summed E-state index contributed by atoms with van der Waals surface area (Å²) < 4.78 is 48.3. The highest BCUT2D eigenvalue weighted by Crippen LogP contribution is 2.47. The van der Waals surface area contributed by atoms with Gasteiger partial charge in [0.05, 0.1) is 29.5 Å². The molecule has 1 saturated heterocycles. The second-order valence-corrected chi connectivity index (χ2v) is 13.6. The van der Waals surface area contributed by atoms with Crippen LogP contribution >= 0.6 is 11.3 Å². The van der Waals surface area contributed by atoms with E-state index in [9.17, 15) is 18.0 Å². The van der Waals surface area contributed by atoms with Crippen LogP contribution in [0.2, 0.25) is 0 Å². The average molecular weight is 598 g/mol. The van der Waals surface area contributed by atoms with E-state index in [4.69, 9.17) is 9.72 Å². The topological polar surface area (TPSA) is 45.7 Å². The molecule has 5 nitrogen and oxygen atoms in total. The van der Waals surface area contributed by atoms with E-state index in [0.717, 1.165) is 65.5 Å². The zero-order chi connectivity index (χ0) is 29.6. The Hall–Kier alpha value is -2.75. The maximum Gasteiger partial charge on any atom is 0.418 e. The van der Waals surface area contributed by atoms with Crippen molar-refractivity contribution in [1.29, 1.82) is 0 Å². The lowest BCUT2D eigenvalue weighted by atomic mass is 9.71. The Morgan fingerprint density at radius 3 is 2.69 bits per heavy atom. The minimum absolute atomic E-state index is 0.0613. The molecule has 3 aliphatic heterocycles. The summed E-state index contributed by atoms with van der Waals surface area (Å²) >= 11 is 1.64. The number of alkyl halides is 3. The number of hydrogen-bond acceptors (Lipinski definition) is 5. The molecule has 9 heteroatoms. The largest absolute Gasteiger partial charge is 0.418 e. The Morgan fingerprint density at radius 2 is 2.00 bits per heavy atom. The van der Waals surface area contributed by atoms with Gasteiger partial charge in [0.2, 0.25) is 5.91 Å². The summed E-state index contributed by atoms with van der Waals surface area (Å²) in [5.74, 6) is -0.0784. The molecule has 1 saturated carbocycles. The zero-order valence-corrected chi connectivity index (χ0v) is 25.2. The number of benzene rings is 1. The molecule has 2 aromatic rings. The van der Waals surface area contributed by atoms with E-state index in [1.54, 1.807) is 24.6 Å². The predicted molar refractivity (Wildman–Crippen MR) is 158 cm³/mol. The van der Waals surface area contributed by atoms with Crippen molar-refractivity contribution in [2.24, 2.45) is 11.8 Å². The molecule has 3 atom stereocenters. The smallest absolute Gasteiger partial charge is 0.378 e. The van der Waals surface area contributed by atoms with Gasteiger partial charge in [0, 0.05) is 37.2 Å². The van der Waals surface area contributed by atoms with E-state index in [1.807, 2.05) is 18.2 Å². The van der Waals surface area contributed by atoms with E-state index in [-0.39, 0.29) is 17.5 Å². The van der Waals surface area contributed by atoms with Crippen LogP contribution in [0.15, 0.2) is 59.5 Å². The van der Waals surface area contributed by atoms with Crippen molar-refractivity contribution in [1.82, 2.24) is 14.8 Å². The number of carbonyl (C=O) groups is 1. The van der Waals surface area contributed by atoms with Gasteiger partial charge in [-0.1, -0.05) is 37.6 Å². The lowest BCUT2D eigenvalue weighted by Crippen LogP contribution is -2.37. The molecular weight excluding hydrogens is 559 g/mol. The molecule has 0 bridgehead atoms. The van der Waals surface area contributed by atoms with Gasteiger partial charge in [-0.3, -0.25) is 14.6 Å². The number of aryl methyl sites for hydroxylation is 1. The van der Waals surface area contributed by atoms with Gasteiger partial charge in [0.25, 0.3) is 0 Å². The van der Waals surface area contributed by atoms with E-state index in [1.165, 1.54) is 23.5 Å². The number of nitrogens with zero attached hydrogens (tertiary/aromatic N) is 3. The first kappa shape index (κ1) is 29.3. The first-order chi connectivity index (χ1) is 20.1. The summed E-state index contributed by atoms with van der Waals surface area (Å²) in [6, 6.07) is 7.88. The van der Waals surface area contributed by atoms with Crippen molar-refractivity contribution in [2.75, 3.05) is 26.7 Å². The zero-order valence-electron chi connectivity index (χ0n) is 24.4. The number of methoxy groups -OCH3 is 1. The van der Waals surface area contributed by atoms with Crippen molar-refractivity contribution in [3.05, 3.63) is 86.2 Å². The Labute approximate surface area is 249 Å². The minimum Gasteiger partial charge on any atom is -0.378 e. The Balaban J connectivity index is 1.32. The molecule has 4 aliphatic rings. The van der Waals surface area contributed by atoms with Crippen LogP contribution in [0.25, 0.3) is 0 Å². The number of likely N-dealkylation sites (tertiary alicyclic amines) is 1. The summed E-state index contributed by atoms with van der Waals surface area (Å²) in [4.78, 5) is 23.3. The second kappa shape index (κ2) is 11.7. The normalized spacial score (nSPS) is 24.2. The molecule has 1 amide bonds. The lowest BCUT2D eigenvalue weighted by Gasteiger charge is -2.34. The molecule has 0 radical (unpaired) electrons.